The van der Waals surface area contributed by atoms with Gasteiger partial charge < -0.3 is 15.9 Å². The number of aromatic amines is 1. The number of anilines is 1. The molecule has 0 aromatic carbocycles. The van der Waals surface area contributed by atoms with Crippen molar-refractivity contribution in [2.75, 3.05) is 32.0 Å². The first-order valence-corrected chi connectivity index (χ1v) is 5.98. The molecule has 0 saturated heterocycles. The second-order valence-electron chi connectivity index (χ2n) is 3.00. The maximum Gasteiger partial charge on any atom is 0.248 e. The van der Waals surface area contributed by atoms with E-state index in [0.717, 1.165) is 10.5 Å². The van der Waals surface area contributed by atoms with Crippen molar-refractivity contribution in [3.63, 3.8) is 0 Å². The molecule has 0 atom stereocenters. The zero-order valence-corrected chi connectivity index (χ0v) is 9.31. The summed E-state index contributed by atoms with van der Waals surface area (Å²) in [5, 5.41) is 23.3. The molecule has 0 aliphatic rings. The molecule has 92 valence electrons. The van der Waals surface area contributed by atoms with Crippen LogP contribution in [-0.4, -0.2) is 59.4 Å². The molecule has 0 aliphatic carbocycles. The minimum Gasteiger partial charge on any atom is -0.395 e. The van der Waals surface area contributed by atoms with Gasteiger partial charge >= 0.3 is 0 Å². The van der Waals surface area contributed by atoms with Gasteiger partial charge in [0.1, 0.15) is 10.7 Å². The molecule has 0 aliphatic heterocycles. The summed E-state index contributed by atoms with van der Waals surface area (Å²) in [5.41, 5.74) is 5.41. The van der Waals surface area contributed by atoms with E-state index in [-0.39, 0.29) is 37.0 Å². The fraction of sp³-hybridized carbons (Fsp3) is 0.571. The summed E-state index contributed by atoms with van der Waals surface area (Å²) in [7, 11) is -3.82. The molecule has 1 heterocycles. The first kappa shape index (κ1) is 12.9. The number of nitrogens with zero attached hydrogens (tertiary/aromatic N) is 2. The fourth-order valence-electron chi connectivity index (χ4n) is 1.20. The maximum absolute atomic E-state index is 12.0. The molecule has 0 bridgehead atoms. The van der Waals surface area contributed by atoms with E-state index in [9.17, 15) is 8.42 Å². The van der Waals surface area contributed by atoms with Crippen LogP contribution in [0, 0.1) is 0 Å². The molecule has 0 radical (unpaired) electrons. The molecule has 1 rings (SSSR count). The molecule has 1 aromatic heterocycles. The van der Waals surface area contributed by atoms with Crippen molar-refractivity contribution in [2.45, 2.75) is 4.90 Å². The number of aliphatic hydroxyl groups is 2. The number of nitrogens with one attached hydrogen (secondary N) is 1. The quantitative estimate of drug-likeness (QED) is 0.460. The molecule has 1 aromatic rings. The van der Waals surface area contributed by atoms with Gasteiger partial charge in [0.25, 0.3) is 0 Å². The Morgan fingerprint density at radius 3 is 2.31 bits per heavy atom. The van der Waals surface area contributed by atoms with Gasteiger partial charge in [0.15, 0.2) is 0 Å². The largest absolute Gasteiger partial charge is 0.395 e. The van der Waals surface area contributed by atoms with Crippen LogP contribution in [0.3, 0.4) is 0 Å². The van der Waals surface area contributed by atoms with Crippen molar-refractivity contribution in [2.24, 2.45) is 0 Å². The number of hydrogen-bond acceptors (Lipinski definition) is 6. The smallest absolute Gasteiger partial charge is 0.248 e. The van der Waals surface area contributed by atoms with Crippen LogP contribution in [0.4, 0.5) is 5.82 Å². The highest BCUT2D eigenvalue weighted by Gasteiger charge is 2.26. The Bertz CT molecular complexity index is 423. The monoisotopic (exact) mass is 250 g/mol. The van der Waals surface area contributed by atoms with E-state index < -0.39 is 10.0 Å². The Hall–Kier alpha value is -1.16. The number of nitrogen functional groups attached to an aromatic ring is 1. The van der Waals surface area contributed by atoms with E-state index in [2.05, 4.69) is 10.2 Å². The Morgan fingerprint density at radius 1 is 1.38 bits per heavy atom. The Labute approximate surface area is 92.7 Å². The minimum atomic E-state index is -3.82. The average molecular weight is 250 g/mol. The molecule has 0 unspecified atom stereocenters. The molecule has 8 nitrogen and oxygen atoms in total. The highest BCUT2D eigenvalue weighted by Crippen LogP contribution is 2.18. The number of nitrogens with two attached hydrogens (primary N) is 1. The molecule has 0 amide bonds. The lowest BCUT2D eigenvalue weighted by molar-refractivity contribution is 0.217. The highest BCUT2D eigenvalue weighted by atomic mass is 32.2. The maximum atomic E-state index is 12.0. The first-order chi connectivity index (χ1) is 7.54. The van der Waals surface area contributed by atoms with Gasteiger partial charge in [0.05, 0.1) is 19.4 Å². The van der Waals surface area contributed by atoms with Crippen LogP contribution in [0.25, 0.3) is 0 Å². The van der Waals surface area contributed by atoms with Crippen LogP contribution in [-0.2, 0) is 10.0 Å². The number of aromatic nitrogens is 2. The Morgan fingerprint density at radius 2 is 1.94 bits per heavy atom. The molecule has 5 N–H and O–H groups in total. The zero-order chi connectivity index (χ0) is 12.2. The highest BCUT2D eigenvalue weighted by molar-refractivity contribution is 7.89. The lowest BCUT2D eigenvalue weighted by Crippen LogP contribution is -2.36. The first-order valence-electron chi connectivity index (χ1n) is 4.54. The third-order valence-electron chi connectivity index (χ3n) is 1.95. The lowest BCUT2D eigenvalue weighted by Gasteiger charge is -2.19. The molecule has 0 saturated carbocycles. The summed E-state index contributed by atoms with van der Waals surface area (Å²) < 4.78 is 24.9. The second-order valence-corrected chi connectivity index (χ2v) is 4.91. The van der Waals surface area contributed by atoms with Crippen LogP contribution < -0.4 is 5.73 Å². The van der Waals surface area contributed by atoms with Gasteiger partial charge in [-0.1, -0.05) is 0 Å². The van der Waals surface area contributed by atoms with Crippen LogP contribution >= 0.6 is 0 Å². The van der Waals surface area contributed by atoms with Crippen molar-refractivity contribution >= 4 is 15.8 Å². The van der Waals surface area contributed by atoms with Gasteiger partial charge in [-0.05, 0) is 0 Å². The predicted molar refractivity (Wildman–Crippen MR) is 55.9 cm³/mol. The summed E-state index contributed by atoms with van der Waals surface area (Å²) in [5.74, 6) is -0.0686. The third-order valence-corrected chi connectivity index (χ3v) is 3.88. The molecule has 0 fully saturated rings. The van der Waals surface area contributed by atoms with Gasteiger partial charge in [-0.15, -0.1) is 0 Å². The van der Waals surface area contributed by atoms with Crippen LogP contribution in [0.1, 0.15) is 0 Å². The summed E-state index contributed by atoms with van der Waals surface area (Å²) >= 11 is 0. The Balaban J connectivity index is 3.03. The van der Waals surface area contributed by atoms with Crippen molar-refractivity contribution in [3.8, 4) is 0 Å². The third kappa shape index (κ3) is 2.50. The lowest BCUT2D eigenvalue weighted by atomic mass is 10.6. The van der Waals surface area contributed by atoms with Gasteiger partial charge in [-0.3, -0.25) is 5.10 Å². The second kappa shape index (κ2) is 5.25. The topological polar surface area (TPSA) is 133 Å². The van der Waals surface area contributed by atoms with Crippen molar-refractivity contribution < 1.29 is 18.6 Å². The van der Waals surface area contributed by atoms with E-state index in [1.165, 1.54) is 0 Å². The molecule has 16 heavy (non-hydrogen) atoms. The summed E-state index contributed by atoms with van der Waals surface area (Å²) in [6, 6.07) is 0. The van der Waals surface area contributed by atoms with Gasteiger partial charge in [0.2, 0.25) is 10.0 Å². The average Bonchev–Trinajstić information content (AvgIpc) is 2.65. The standard InChI is InChI=1S/C7H14N4O4S/c8-7-6(5-9-10-7)16(14,15)11(1-3-12)2-4-13/h5,12-13H,1-4H2,(H3,8,9,10). The number of H-pyrrole nitrogens is 1. The van der Waals surface area contributed by atoms with E-state index in [1.54, 1.807) is 0 Å². The van der Waals surface area contributed by atoms with Crippen molar-refractivity contribution in [3.05, 3.63) is 6.20 Å². The normalized spacial score (nSPS) is 12.2. The summed E-state index contributed by atoms with van der Waals surface area (Å²) in [6.45, 7) is -0.880. The Kier molecular flexibility index (Phi) is 4.24. The van der Waals surface area contributed by atoms with Gasteiger partial charge in [-0.25, -0.2) is 8.42 Å². The van der Waals surface area contributed by atoms with Gasteiger partial charge in [-0.2, -0.15) is 9.40 Å². The number of aliphatic hydroxyl groups excluding tert-OH is 2. The van der Waals surface area contributed by atoms with Gasteiger partial charge in [0, 0.05) is 13.1 Å². The van der Waals surface area contributed by atoms with Crippen molar-refractivity contribution in [1.29, 1.82) is 0 Å². The number of sulfonamides is 1. The van der Waals surface area contributed by atoms with Crippen LogP contribution in [0.5, 0.6) is 0 Å². The minimum absolute atomic E-state index is 0.0686. The molecule has 9 heteroatoms. The fourth-order valence-corrected chi connectivity index (χ4v) is 2.64. The van der Waals surface area contributed by atoms with E-state index in [1.807, 2.05) is 0 Å². The van der Waals surface area contributed by atoms with E-state index in [0.29, 0.717) is 0 Å². The molecular weight excluding hydrogens is 236 g/mol. The summed E-state index contributed by atoms with van der Waals surface area (Å²) in [6.07, 6.45) is 1.09. The molecular formula is C7H14N4O4S. The van der Waals surface area contributed by atoms with Crippen LogP contribution in [0.15, 0.2) is 11.1 Å². The number of hydrogen-bond donors (Lipinski definition) is 4. The van der Waals surface area contributed by atoms with Crippen LogP contribution in [0.2, 0.25) is 0 Å². The number of rotatable bonds is 6. The summed E-state index contributed by atoms with van der Waals surface area (Å²) in [4.78, 5) is -0.158. The molecule has 0 spiro atoms. The van der Waals surface area contributed by atoms with E-state index in [4.69, 9.17) is 15.9 Å². The SMILES string of the molecule is Nc1[nH]ncc1S(=O)(=O)N(CCO)CCO. The van der Waals surface area contributed by atoms with E-state index >= 15 is 0 Å². The van der Waals surface area contributed by atoms with Crippen molar-refractivity contribution in [1.82, 2.24) is 14.5 Å². The predicted octanol–water partition coefficient (Wildman–Crippen LogP) is -2.03. The zero-order valence-electron chi connectivity index (χ0n) is 8.50.